The van der Waals surface area contributed by atoms with Crippen molar-refractivity contribution in [2.24, 2.45) is 0 Å². The maximum Gasteiger partial charge on any atom is 0.396 e. The molecule has 0 aliphatic heterocycles. The minimum Gasteiger partial charge on any atom is -0.309 e. The summed E-state index contributed by atoms with van der Waals surface area (Å²) in [5.41, 5.74) is -0.249. The average molecular weight is 299 g/mol. The van der Waals surface area contributed by atoms with E-state index in [1.807, 2.05) is 0 Å². The van der Waals surface area contributed by atoms with Gasteiger partial charge < -0.3 is 4.98 Å². The van der Waals surface area contributed by atoms with E-state index in [2.05, 4.69) is 25.9 Å². The van der Waals surface area contributed by atoms with Crippen molar-refractivity contribution >= 4 is 15.9 Å². The van der Waals surface area contributed by atoms with Crippen molar-refractivity contribution in [2.75, 3.05) is 0 Å². The fourth-order valence-corrected chi connectivity index (χ4v) is 1.83. The van der Waals surface area contributed by atoms with Gasteiger partial charge >= 0.3 is 6.18 Å². The van der Waals surface area contributed by atoms with Crippen LogP contribution in [0, 0.1) is 0 Å². The second-order valence-electron chi connectivity index (χ2n) is 3.66. The molecule has 0 aromatic carbocycles. The molecule has 0 saturated heterocycles. The highest BCUT2D eigenvalue weighted by Crippen LogP contribution is 2.22. The fraction of sp³-hybridized carbons (Fsp3) is 0.556. The zero-order valence-electron chi connectivity index (χ0n) is 8.65. The largest absolute Gasteiger partial charge is 0.396 e. The summed E-state index contributed by atoms with van der Waals surface area (Å²) in [5, 5.41) is 0. The molecule has 0 aliphatic carbocycles. The van der Waals surface area contributed by atoms with Gasteiger partial charge in [0.15, 0.2) is 0 Å². The maximum absolute atomic E-state index is 12.1. The number of aromatic nitrogens is 2. The van der Waals surface area contributed by atoms with Gasteiger partial charge in [0, 0.05) is 0 Å². The number of alkyl halides is 3. The van der Waals surface area contributed by atoms with Crippen LogP contribution in [0.4, 0.5) is 13.2 Å². The van der Waals surface area contributed by atoms with Crippen molar-refractivity contribution in [1.29, 1.82) is 0 Å². The van der Waals surface area contributed by atoms with E-state index >= 15 is 0 Å². The lowest BCUT2D eigenvalue weighted by atomic mass is 10.1. The van der Waals surface area contributed by atoms with Gasteiger partial charge in [0.1, 0.15) is 16.7 Å². The van der Waals surface area contributed by atoms with Crippen LogP contribution in [-0.4, -0.2) is 16.1 Å². The van der Waals surface area contributed by atoms with Crippen LogP contribution in [0.5, 0.6) is 0 Å². The Bertz CT molecular complexity index is 439. The number of nitrogens with zero attached hydrogens (tertiary/aromatic N) is 1. The molecule has 1 heterocycles. The lowest BCUT2D eigenvalue weighted by molar-refractivity contribution is -0.128. The van der Waals surface area contributed by atoms with Crippen molar-refractivity contribution in [1.82, 2.24) is 9.97 Å². The van der Waals surface area contributed by atoms with Gasteiger partial charge in [-0.2, -0.15) is 13.2 Å². The topological polar surface area (TPSA) is 45.8 Å². The Hall–Kier alpha value is -0.850. The van der Waals surface area contributed by atoms with Crippen LogP contribution in [0.15, 0.2) is 9.27 Å². The number of nitrogens with one attached hydrogen (secondary N) is 1. The fourth-order valence-electron chi connectivity index (χ4n) is 1.18. The van der Waals surface area contributed by atoms with E-state index in [1.165, 1.54) is 0 Å². The van der Waals surface area contributed by atoms with Crippen LogP contribution < -0.4 is 5.56 Å². The van der Waals surface area contributed by atoms with Crippen molar-refractivity contribution < 1.29 is 13.2 Å². The number of hydrogen-bond acceptors (Lipinski definition) is 2. The molecule has 0 unspecified atom stereocenters. The quantitative estimate of drug-likeness (QED) is 0.912. The molecule has 0 atom stereocenters. The molecule has 1 aromatic rings. The van der Waals surface area contributed by atoms with Crippen LogP contribution in [-0.2, 0) is 6.42 Å². The van der Waals surface area contributed by atoms with Gasteiger partial charge in [-0.3, -0.25) is 4.79 Å². The molecule has 16 heavy (non-hydrogen) atoms. The molecule has 1 N–H and O–H groups in total. The number of rotatable bonds is 2. The molecule has 0 fully saturated rings. The lowest BCUT2D eigenvalue weighted by Gasteiger charge is -2.10. The molecule has 1 rings (SSSR count). The summed E-state index contributed by atoms with van der Waals surface area (Å²) in [6.07, 6.45) is -5.60. The minimum absolute atomic E-state index is 0.122. The third-order valence-electron chi connectivity index (χ3n) is 1.85. The van der Waals surface area contributed by atoms with Gasteiger partial charge in [0.2, 0.25) is 0 Å². The first kappa shape index (κ1) is 13.2. The van der Waals surface area contributed by atoms with Crippen LogP contribution in [0.3, 0.4) is 0 Å². The first-order valence-corrected chi connectivity index (χ1v) is 5.35. The summed E-state index contributed by atoms with van der Waals surface area (Å²) in [5.74, 6) is -0.479. The van der Waals surface area contributed by atoms with Crippen molar-refractivity contribution in [3.8, 4) is 0 Å². The van der Waals surface area contributed by atoms with E-state index in [4.69, 9.17) is 0 Å². The van der Waals surface area contributed by atoms with Crippen molar-refractivity contribution in [2.45, 2.75) is 32.4 Å². The summed E-state index contributed by atoms with van der Waals surface area (Å²) in [6.45, 7) is 3.51. The number of aromatic amines is 1. The van der Waals surface area contributed by atoms with E-state index < -0.39 is 18.2 Å². The number of H-pyrrole nitrogens is 1. The zero-order valence-corrected chi connectivity index (χ0v) is 10.2. The summed E-state index contributed by atoms with van der Waals surface area (Å²) in [6, 6.07) is 0. The smallest absolute Gasteiger partial charge is 0.309 e. The highest BCUT2D eigenvalue weighted by atomic mass is 79.9. The molecule has 0 spiro atoms. The number of hydrogen-bond donors (Lipinski definition) is 1. The Morgan fingerprint density at radius 3 is 2.44 bits per heavy atom. The third kappa shape index (κ3) is 3.33. The molecule has 90 valence electrons. The van der Waals surface area contributed by atoms with E-state index in [1.54, 1.807) is 13.8 Å². The normalized spacial score (nSPS) is 12.2. The third-order valence-corrected chi connectivity index (χ3v) is 2.62. The molecule has 0 aliphatic rings. The van der Waals surface area contributed by atoms with Gasteiger partial charge in [0.05, 0.1) is 5.69 Å². The molecule has 3 nitrogen and oxygen atoms in total. The standard InChI is InChI=1S/C9H10BrF3N2O/c1-4(2)7-6(10)8(16)15-5(14-7)3-9(11,12)13/h4H,3H2,1-2H3,(H,14,15,16). The molecule has 0 bridgehead atoms. The first-order chi connectivity index (χ1) is 7.20. The van der Waals surface area contributed by atoms with Crippen LogP contribution in [0.1, 0.15) is 31.3 Å². The molecule has 0 amide bonds. The zero-order chi connectivity index (χ0) is 12.5. The van der Waals surface area contributed by atoms with Crippen LogP contribution in [0.25, 0.3) is 0 Å². The van der Waals surface area contributed by atoms with Gasteiger partial charge in [-0.15, -0.1) is 0 Å². The average Bonchev–Trinajstić information content (AvgIpc) is 2.07. The molecule has 1 aromatic heterocycles. The van der Waals surface area contributed by atoms with Gasteiger partial charge in [-0.25, -0.2) is 4.98 Å². The van der Waals surface area contributed by atoms with Crippen LogP contribution in [0.2, 0.25) is 0 Å². The van der Waals surface area contributed by atoms with Crippen LogP contribution >= 0.6 is 15.9 Å². The Morgan fingerprint density at radius 1 is 1.44 bits per heavy atom. The van der Waals surface area contributed by atoms with Gasteiger partial charge in [-0.1, -0.05) is 13.8 Å². The van der Waals surface area contributed by atoms with E-state index in [-0.39, 0.29) is 16.2 Å². The van der Waals surface area contributed by atoms with Crippen molar-refractivity contribution in [3.63, 3.8) is 0 Å². The molecular formula is C9H10BrF3N2O. The summed E-state index contributed by atoms with van der Waals surface area (Å²) >= 11 is 3.01. The Labute approximate surface area is 98.2 Å². The summed E-state index contributed by atoms with van der Waals surface area (Å²) in [7, 11) is 0. The van der Waals surface area contributed by atoms with Crippen molar-refractivity contribution in [3.05, 3.63) is 26.3 Å². The molecule has 0 radical (unpaired) electrons. The number of halogens is 4. The van der Waals surface area contributed by atoms with E-state index in [0.29, 0.717) is 5.69 Å². The SMILES string of the molecule is CC(C)c1nc(CC(F)(F)F)[nH]c(=O)c1Br. The summed E-state index contributed by atoms with van der Waals surface area (Å²) < 4.78 is 36.6. The predicted octanol–water partition coefficient (Wildman–Crippen LogP) is 2.76. The van der Waals surface area contributed by atoms with Gasteiger partial charge in [0.25, 0.3) is 5.56 Å². The Morgan fingerprint density at radius 2 is 2.00 bits per heavy atom. The second-order valence-corrected chi connectivity index (χ2v) is 4.45. The molecular weight excluding hydrogens is 289 g/mol. The highest BCUT2D eigenvalue weighted by Gasteiger charge is 2.29. The Balaban J connectivity index is 3.20. The minimum atomic E-state index is -4.38. The van der Waals surface area contributed by atoms with Gasteiger partial charge in [-0.05, 0) is 21.8 Å². The lowest BCUT2D eigenvalue weighted by Crippen LogP contribution is -2.21. The predicted molar refractivity (Wildman–Crippen MR) is 56.4 cm³/mol. The maximum atomic E-state index is 12.1. The monoisotopic (exact) mass is 298 g/mol. The van der Waals surface area contributed by atoms with E-state index in [9.17, 15) is 18.0 Å². The second kappa shape index (κ2) is 4.57. The van der Waals surface area contributed by atoms with E-state index in [0.717, 1.165) is 0 Å². The highest BCUT2D eigenvalue weighted by molar-refractivity contribution is 9.10. The summed E-state index contributed by atoms with van der Waals surface area (Å²) in [4.78, 5) is 17.2. The first-order valence-electron chi connectivity index (χ1n) is 4.56. The molecule has 0 saturated carbocycles. The Kier molecular flexibility index (Phi) is 3.77. The molecule has 7 heteroatoms.